The zero-order valence-electron chi connectivity index (χ0n) is 20.0. The molecular weight excluding hydrogens is 436 g/mol. The molecule has 3 atom stereocenters. The lowest BCUT2D eigenvalue weighted by Gasteiger charge is -2.40. The zero-order chi connectivity index (χ0) is 24.0. The summed E-state index contributed by atoms with van der Waals surface area (Å²) >= 11 is 6.46. The average Bonchev–Trinajstić information content (AvgIpc) is 3.27. The highest BCUT2D eigenvalue weighted by atomic mass is 35.5. The molecule has 1 saturated carbocycles. The van der Waals surface area contributed by atoms with Crippen LogP contribution in [0.5, 0.6) is 0 Å². The Balaban J connectivity index is 1.84. The van der Waals surface area contributed by atoms with Gasteiger partial charge in [-0.15, -0.1) is 0 Å². The molecule has 0 radical (unpaired) electrons. The van der Waals surface area contributed by atoms with Crippen molar-refractivity contribution in [3.63, 3.8) is 0 Å². The molecule has 1 fully saturated rings. The number of aromatic amines is 1. The maximum Gasteiger partial charge on any atom is 0.303 e. The van der Waals surface area contributed by atoms with E-state index in [1.807, 2.05) is 25.3 Å². The van der Waals surface area contributed by atoms with Crippen LogP contribution in [0.15, 0.2) is 23.9 Å². The number of aryl methyl sites for hydroxylation is 1. The highest BCUT2D eigenvalue weighted by molar-refractivity contribution is 6.36. The van der Waals surface area contributed by atoms with Crippen molar-refractivity contribution < 1.29 is 14.7 Å². The first kappa shape index (κ1) is 23.6. The molecule has 1 aliphatic heterocycles. The Hall–Kier alpha value is -2.53. The average molecular weight is 469 g/mol. The molecule has 0 saturated heterocycles. The number of carboxylic acid groups (broad SMARTS) is 1. The van der Waals surface area contributed by atoms with Crippen LogP contribution in [0.25, 0.3) is 5.57 Å². The quantitative estimate of drug-likeness (QED) is 0.438. The largest absolute Gasteiger partial charge is 0.481 e. The highest BCUT2D eigenvalue weighted by Gasteiger charge is 2.41. The van der Waals surface area contributed by atoms with Gasteiger partial charge in [0.25, 0.3) is 5.91 Å². The molecule has 1 aromatic heterocycles. The van der Waals surface area contributed by atoms with Gasteiger partial charge in [0.15, 0.2) is 0 Å². The predicted molar refractivity (Wildman–Crippen MR) is 133 cm³/mol. The first-order chi connectivity index (χ1) is 15.6. The fourth-order valence-corrected chi connectivity index (χ4v) is 6.17. The van der Waals surface area contributed by atoms with Crippen molar-refractivity contribution in [3.05, 3.63) is 56.9 Å². The monoisotopic (exact) mass is 468 g/mol. The number of H-pyrrole nitrogens is 1. The molecule has 33 heavy (non-hydrogen) atoms. The lowest BCUT2D eigenvalue weighted by atomic mass is 9.64. The van der Waals surface area contributed by atoms with Crippen LogP contribution in [0, 0.1) is 31.6 Å². The Kier molecular flexibility index (Phi) is 6.45. The Morgan fingerprint density at radius 2 is 1.97 bits per heavy atom. The molecule has 1 aliphatic carbocycles. The molecule has 3 N–H and O–H groups in total. The topological polar surface area (TPSA) is 82.2 Å². The van der Waals surface area contributed by atoms with E-state index in [9.17, 15) is 9.59 Å². The normalized spacial score (nSPS) is 24.8. The summed E-state index contributed by atoms with van der Waals surface area (Å²) in [5.74, 6) is 0.396. The first-order valence-electron chi connectivity index (χ1n) is 11.8. The minimum absolute atomic E-state index is 0.0331. The molecule has 4 rings (SSSR count). The number of hydrogen-bond donors (Lipinski definition) is 3. The first-order valence-corrected chi connectivity index (χ1v) is 12.2. The number of carboxylic acids is 1. The van der Waals surface area contributed by atoms with Crippen LogP contribution < -0.4 is 5.32 Å². The summed E-state index contributed by atoms with van der Waals surface area (Å²) < 4.78 is 0. The van der Waals surface area contributed by atoms with Crippen LogP contribution in [0.1, 0.15) is 73.9 Å². The van der Waals surface area contributed by atoms with Gasteiger partial charge in [0, 0.05) is 46.1 Å². The molecule has 2 heterocycles. The lowest BCUT2D eigenvalue weighted by molar-refractivity contribution is -0.137. The molecule has 1 aromatic carbocycles. The number of fused-ring (bicyclic) bond motifs is 1. The van der Waals surface area contributed by atoms with Crippen LogP contribution in [0.2, 0.25) is 5.02 Å². The van der Waals surface area contributed by atoms with Crippen LogP contribution in [-0.4, -0.2) is 22.0 Å². The molecule has 2 aliphatic rings. The number of carbonyl (C=O) groups is 2. The summed E-state index contributed by atoms with van der Waals surface area (Å²) in [6.07, 6.45) is 4.53. The second-order valence-corrected chi connectivity index (χ2v) is 10.5. The molecular formula is C27H33ClN2O3. The van der Waals surface area contributed by atoms with Gasteiger partial charge in [-0.05, 0) is 79.7 Å². The third-order valence-electron chi connectivity index (χ3n) is 7.49. The van der Waals surface area contributed by atoms with E-state index in [4.69, 9.17) is 16.7 Å². The Bertz CT molecular complexity index is 1140. The maximum atomic E-state index is 13.3. The molecule has 0 spiro atoms. The Morgan fingerprint density at radius 1 is 1.24 bits per heavy atom. The number of rotatable bonds is 5. The number of hydrogen-bond acceptors (Lipinski definition) is 2. The van der Waals surface area contributed by atoms with Crippen LogP contribution in [0.3, 0.4) is 0 Å². The Labute approximate surface area is 200 Å². The van der Waals surface area contributed by atoms with Crippen molar-refractivity contribution in [2.24, 2.45) is 17.8 Å². The molecule has 176 valence electrons. The van der Waals surface area contributed by atoms with Gasteiger partial charge in [0.05, 0.1) is 0 Å². The van der Waals surface area contributed by atoms with Gasteiger partial charge in [0.2, 0.25) is 0 Å². The molecule has 6 heteroatoms. The van der Waals surface area contributed by atoms with E-state index < -0.39 is 5.97 Å². The number of aromatic nitrogens is 1. The van der Waals surface area contributed by atoms with Crippen molar-refractivity contribution >= 4 is 34.7 Å². The van der Waals surface area contributed by atoms with Crippen molar-refractivity contribution in [1.29, 1.82) is 0 Å². The smallest absolute Gasteiger partial charge is 0.303 e. The number of halogens is 1. The van der Waals surface area contributed by atoms with Gasteiger partial charge >= 0.3 is 5.97 Å². The second-order valence-electron chi connectivity index (χ2n) is 10.1. The standard InChI is InChI=1S/C27H33ClN2O3/c1-13(2)23-18(25-24-16(5)20(28)7-8-21(24)30-27(25)33)10-14(3)11-19(23)26-15(4)17(12-29-26)6-9-22(31)32/h7-8,12-14,19,23,29H,6,9-11H2,1-5H3,(H,30,33)(H,31,32). The van der Waals surface area contributed by atoms with Crippen molar-refractivity contribution in [2.45, 2.75) is 66.2 Å². The minimum Gasteiger partial charge on any atom is -0.481 e. The highest BCUT2D eigenvalue weighted by Crippen LogP contribution is 2.52. The summed E-state index contributed by atoms with van der Waals surface area (Å²) in [7, 11) is 0. The fraction of sp³-hybridized carbons (Fsp3) is 0.481. The van der Waals surface area contributed by atoms with Crippen molar-refractivity contribution in [3.8, 4) is 0 Å². The van der Waals surface area contributed by atoms with Gasteiger partial charge in [-0.3, -0.25) is 9.59 Å². The number of benzene rings is 1. The number of aliphatic carboxylic acids is 1. The summed E-state index contributed by atoms with van der Waals surface area (Å²) in [4.78, 5) is 27.8. The summed E-state index contributed by atoms with van der Waals surface area (Å²) in [6, 6.07) is 3.74. The number of amides is 1. The molecule has 1 amide bonds. The van der Waals surface area contributed by atoms with Crippen LogP contribution >= 0.6 is 11.6 Å². The zero-order valence-corrected chi connectivity index (χ0v) is 20.8. The van der Waals surface area contributed by atoms with Gasteiger partial charge in [-0.1, -0.05) is 37.9 Å². The summed E-state index contributed by atoms with van der Waals surface area (Å²) in [6.45, 7) is 10.8. The summed E-state index contributed by atoms with van der Waals surface area (Å²) in [5.41, 5.74) is 8.15. The molecule has 0 bridgehead atoms. The minimum atomic E-state index is -0.782. The fourth-order valence-electron chi connectivity index (χ4n) is 6.01. The Morgan fingerprint density at radius 3 is 2.64 bits per heavy atom. The van der Waals surface area contributed by atoms with Crippen molar-refractivity contribution in [1.82, 2.24) is 4.98 Å². The van der Waals surface area contributed by atoms with Crippen LogP contribution in [-0.2, 0) is 16.0 Å². The number of allylic oxidation sites excluding steroid dienone is 1. The van der Waals surface area contributed by atoms with Gasteiger partial charge < -0.3 is 15.4 Å². The summed E-state index contributed by atoms with van der Waals surface area (Å²) in [5, 5.41) is 12.8. The molecule has 3 unspecified atom stereocenters. The lowest BCUT2D eigenvalue weighted by Crippen LogP contribution is -2.30. The molecule has 2 aromatic rings. The maximum absolute atomic E-state index is 13.3. The van der Waals surface area contributed by atoms with E-state index in [1.54, 1.807) is 0 Å². The number of nitrogens with one attached hydrogen (secondary N) is 2. The third-order valence-corrected chi connectivity index (χ3v) is 7.90. The predicted octanol–water partition coefficient (Wildman–Crippen LogP) is 6.49. The van der Waals surface area contributed by atoms with E-state index in [1.165, 1.54) is 11.3 Å². The van der Waals surface area contributed by atoms with Gasteiger partial charge in [0.1, 0.15) is 0 Å². The van der Waals surface area contributed by atoms with E-state index in [0.29, 0.717) is 23.3 Å². The number of anilines is 1. The van der Waals surface area contributed by atoms with E-state index in [-0.39, 0.29) is 24.2 Å². The van der Waals surface area contributed by atoms with E-state index in [2.05, 4.69) is 38.0 Å². The molecule has 5 nitrogen and oxygen atoms in total. The van der Waals surface area contributed by atoms with Gasteiger partial charge in [-0.2, -0.15) is 0 Å². The van der Waals surface area contributed by atoms with E-state index >= 15 is 0 Å². The van der Waals surface area contributed by atoms with Gasteiger partial charge in [-0.25, -0.2) is 0 Å². The van der Waals surface area contributed by atoms with E-state index in [0.717, 1.165) is 46.4 Å². The second kappa shape index (κ2) is 9.02. The third kappa shape index (κ3) is 4.23. The van der Waals surface area contributed by atoms with Crippen LogP contribution in [0.4, 0.5) is 5.69 Å². The number of carbonyl (C=O) groups excluding carboxylic acids is 1. The van der Waals surface area contributed by atoms with Crippen molar-refractivity contribution in [2.75, 3.05) is 5.32 Å². The SMILES string of the molecule is Cc1c(CCC(=O)O)c[nH]c1C1CC(C)CC(=C2C(=O)Nc3ccc(Cl)c(C)c32)C1C(C)C.